The molecule has 0 radical (unpaired) electrons. The summed E-state index contributed by atoms with van der Waals surface area (Å²) in [4.78, 5) is 0. The second kappa shape index (κ2) is 5.16. The Bertz CT molecular complexity index is 603. The van der Waals surface area contributed by atoms with E-state index in [1.165, 1.54) is 12.8 Å². The van der Waals surface area contributed by atoms with Crippen LogP contribution >= 0.6 is 23.2 Å². The van der Waals surface area contributed by atoms with Crippen molar-refractivity contribution in [2.24, 2.45) is 7.05 Å². The summed E-state index contributed by atoms with van der Waals surface area (Å²) >= 11 is 12.4. The summed E-state index contributed by atoms with van der Waals surface area (Å²) < 4.78 is 1.82. The number of rotatable bonds is 4. The van der Waals surface area contributed by atoms with E-state index in [1.807, 2.05) is 30.1 Å². The second-order valence-corrected chi connectivity index (χ2v) is 5.72. The van der Waals surface area contributed by atoms with E-state index in [0.29, 0.717) is 16.1 Å². The van der Waals surface area contributed by atoms with Crippen molar-refractivity contribution in [2.75, 3.05) is 0 Å². The van der Waals surface area contributed by atoms with Crippen molar-refractivity contribution < 1.29 is 0 Å². The highest BCUT2D eigenvalue weighted by molar-refractivity contribution is 6.43. The van der Waals surface area contributed by atoms with Crippen molar-refractivity contribution in [3.05, 3.63) is 40.0 Å². The van der Waals surface area contributed by atoms with Crippen LogP contribution in [0.15, 0.2) is 24.4 Å². The summed E-state index contributed by atoms with van der Waals surface area (Å²) in [5, 5.41) is 9.14. The van der Waals surface area contributed by atoms with Gasteiger partial charge in [-0.2, -0.15) is 5.10 Å². The van der Waals surface area contributed by atoms with Gasteiger partial charge >= 0.3 is 0 Å². The zero-order chi connectivity index (χ0) is 13.4. The molecule has 0 spiro atoms. The smallest absolute Gasteiger partial charge is 0.0983 e. The molecule has 1 aliphatic carbocycles. The van der Waals surface area contributed by atoms with E-state index in [0.717, 1.165) is 23.4 Å². The molecular weight excluding hydrogens is 281 g/mol. The van der Waals surface area contributed by atoms with Gasteiger partial charge in [0.2, 0.25) is 0 Å². The number of nitrogens with zero attached hydrogens (tertiary/aromatic N) is 2. The van der Waals surface area contributed by atoms with Crippen molar-refractivity contribution in [1.29, 1.82) is 0 Å². The molecule has 5 heteroatoms. The highest BCUT2D eigenvalue weighted by Crippen LogP contribution is 2.34. The highest BCUT2D eigenvalue weighted by atomic mass is 35.5. The van der Waals surface area contributed by atoms with E-state index >= 15 is 0 Å². The summed E-state index contributed by atoms with van der Waals surface area (Å²) in [6.07, 6.45) is 4.57. The molecule has 1 heterocycles. The van der Waals surface area contributed by atoms with Gasteiger partial charge in [0.1, 0.15) is 0 Å². The Hall–Kier alpha value is -1.03. The molecule has 1 fully saturated rings. The van der Waals surface area contributed by atoms with Crippen LogP contribution in [0, 0.1) is 0 Å². The second-order valence-electron chi connectivity index (χ2n) is 4.93. The van der Waals surface area contributed by atoms with Gasteiger partial charge in [0.25, 0.3) is 0 Å². The van der Waals surface area contributed by atoms with Gasteiger partial charge < -0.3 is 5.32 Å². The fourth-order valence-electron chi connectivity index (χ4n) is 2.12. The first kappa shape index (κ1) is 13.0. The number of hydrogen-bond acceptors (Lipinski definition) is 2. The zero-order valence-electron chi connectivity index (χ0n) is 10.7. The number of aromatic nitrogens is 2. The van der Waals surface area contributed by atoms with E-state index < -0.39 is 0 Å². The average Bonchev–Trinajstić information content (AvgIpc) is 3.14. The first-order valence-corrected chi connectivity index (χ1v) is 7.11. The maximum absolute atomic E-state index is 6.28. The van der Waals surface area contributed by atoms with Crippen LogP contribution in [0.25, 0.3) is 11.3 Å². The molecule has 2 aromatic rings. The van der Waals surface area contributed by atoms with Crippen molar-refractivity contribution in [3.8, 4) is 11.3 Å². The summed E-state index contributed by atoms with van der Waals surface area (Å²) in [7, 11) is 1.92. The molecule has 1 aromatic heterocycles. The van der Waals surface area contributed by atoms with Gasteiger partial charge in [0, 0.05) is 37.0 Å². The lowest BCUT2D eigenvalue weighted by Gasteiger charge is -2.06. The molecule has 1 aliphatic rings. The van der Waals surface area contributed by atoms with Crippen LogP contribution in [0.3, 0.4) is 0 Å². The Morgan fingerprint density at radius 2 is 2.16 bits per heavy atom. The number of halogens is 2. The molecule has 100 valence electrons. The van der Waals surface area contributed by atoms with E-state index in [-0.39, 0.29) is 0 Å². The molecule has 0 aliphatic heterocycles. The first-order valence-electron chi connectivity index (χ1n) is 6.35. The normalized spacial score (nSPS) is 14.9. The standard InChI is InChI=1S/C14H15Cl2N3/c1-19-8-9(7-17-10-5-6-10)14(18-19)11-3-2-4-12(15)13(11)16/h2-4,8,10,17H,5-7H2,1H3. The molecule has 3 rings (SSSR count). The van der Waals surface area contributed by atoms with Gasteiger partial charge in [0.05, 0.1) is 15.7 Å². The van der Waals surface area contributed by atoms with Crippen molar-refractivity contribution >= 4 is 23.2 Å². The summed E-state index contributed by atoms with van der Waals surface area (Å²) in [6, 6.07) is 6.31. The van der Waals surface area contributed by atoms with Gasteiger partial charge in [-0.3, -0.25) is 4.68 Å². The van der Waals surface area contributed by atoms with Crippen LogP contribution in [-0.4, -0.2) is 15.8 Å². The average molecular weight is 296 g/mol. The number of aryl methyl sites for hydroxylation is 1. The largest absolute Gasteiger partial charge is 0.310 e. The molecule has 3 nitrogen and oxygen atoms in total. The third-order valence-corrected chi connectivity index (χ3v) is 4.09. The minimum atomic E-state index is 0.561. The number of benzene rings is 1. The molecule has 0 amide bonds. The van der Waals surface area contributed by atoms with Crippen molar-refractivity contribution in [2.45, 2.75) is 25.4 Å². The molecule has 19 heavy (non-hydrogen) atoms. The maximum atomic E-state index is 6.28. The van der Waals surface area contributed by atoms with Crippen LogP contribution in [-0.2, 0) is 13.6 Å². The van der Waals surface area contributed by atoms with Gasteiger partial charge in [-0.15, -0.1) is 0 Å². The van der Waals surface area contributed by atoms with Gasteiger partial charge in [-0.1, -0.05) is 35.3 Å². The van der Waals surface area contributed by atoms with Crippen LogP contribution in [0.2, 0.25) is 10.0 Å². The molecule has 1 saturated carbocycles. The van der Waals surface area contributed by atoms with Gasteiger partial charge in [0.15, 0.2) is 0 Å². The lowest BCUT2D eigenvalue weighted by atomic mass is 10.1. The molecule has 0 atom stereocenters. The Morgan fingerprint density at radius 1 is 1.37 bits per heavy atom. The van der Waals surface area contributed by atoms with E-state index in [2.05, 4.69) is 10.4 Å². The van der Waals surface area contributed by atoms with E-state index in [1.54, 1.807) is 6.07 Å². The zero-order valence-corrected chi connectivity index (χ0v) is 12.2. The topological polar surface area (TPSA) is 29.9 Å². The Kier molecular flexibility index (Phi) is 3.52. The predicted octanol–water partition coefficient (Wildman–Crippen LogP) is 3.65. The Balaban J connectivity index is 1.96. The van der Waals surface area contributed by atoms with E-state index in [4.69, 9.17) is 23.2 Å². The van der Waals surface area contributed by atoms with Crippen molar-refractivity contribution in [3.63, 3.8) is 0 Å². The fourth-order valence-corrected chi connectivity index (χ4v) is 2.51. The first-order chi connectivity index (χ1) is 9.15. The Morgan fingerprint density at radius 3 is 2.89 bits per heavy atom. The van der Waals surface area contributed by atoms with Gasteiger partial charge in [-0.25, -0.2) is 0 Å². The van der Waals surface area contributed by atoms with Gasteiger partial charge in [-0.05, 0) is 18.9 Å². The highest BCUT2D eigenvalue weighted by Gasteiger charge is 2.22. The SMILES string of the molecule is Cn1cc(CNC2CC2)c(-c2cccc(Cl)c2Cl)n1. The summed E-state index contributed by atoms with van der Waals surface area (Å²) in [6.45, 7) is 0.816. The summed E-state index contributed by atoms with van der Waals surface area (Å²) in [5.74, 6) is 0. The lowest BCUT2D eigenvalue weighted by molar-refractivity contribution is 0.687. The molecule has 0 bridgehead atoms. The molecular formula is C14H15Cl2N3. The Labute approximate surface area is 122 Å². The maximum Gasteiger partial charge on any atom is 0.0983 e. The minimum absolute atomic E-state index is 0.561. The molecule has 0 saturated heterocycles. The number of nitrogens with one attached hydrogen (secondary N) is 1. The number of hydrogen-bond donors (Lipinski definition) is 1. The van der Waals surface area contributed by atoms with E-state index in [9.17, 15) is 0 Å². The van der Waals surface area contributed by atoms with Crippen LogP contribution < -0.4 is 5.32 Å². The molecule has 0 unspecified atom stereocenters. The minimum Gasteiger partial charge on any atom is -0.310 e. The quantitative estimate of drug-likeness (QED) is 0.933. The third kappa shape index (κ3) is 2.78. The van der Waals surface area contributed by atoms with Crippen LogP contribution in [0.1, 0.15) is 18.4 Å². The molecule has 1 aromatic carbocycles. The van der Waals surface area contributed by atoms with Crippen molar-refractivity contribution in [1.82, 2.24) is 15.1 Å². The monoisotopic (exact) mass is 295 g/mol. The third-order valence-electron chi connectivity index (χ3n) is 3.27. The fraction of sp³-hybridized carbons (Fsp3) is 0.357. The lowest BCUT2D eigenvalue weighted by Crippen LogP contribution is -2.15. The summed E-state index contributed by atoms with van der Waals surface area (Å²) in [5.41, 5.74) is 2.95. The van der Waals surface area contributed by atoms with Crippen LogP contribution in [0.5, 0.6) is 0 Å². The van der Waals surface area contributed by atoms with Crippen LogP contribution in [0.4, 0.5) is 0 Å². The molecule has 1 N–H and O–H groups in total. The predicted molar refractivity (Wildman–Crippen MR) is 78.5 cm³/mol.